The molecule has 1 aliphatic rings. The zero-order valence-electron chi connectivity index (χ0n) is 24.3. The van der Waals surface area contributed by atoms with E-state index in [2.05, 4.69) is 17.6 Å². The van der Waals surface area contributed by atoms with Gasteiger partial charge in [0, 0.05) is 12.6 Å². The van der Waals surface area contributed by atoms with Gasteiger partial charge in [-0.2, -0.15) is 0 Å². The van der Waals surface area contributed by atoms with Crippen LogP contribution in [0.25, 0.3) is 0 Å². The van der Waals surface area contributed by atoms with Crippen molar-refractivity contribution in [3.05, 3.63) is 34.9 Å². The van der Waals surface area contributed by atoms with Crippen LogP contribution < -0.4 is 10.6 Å². The Kier molecular flexibility index (Phi) is 12.6. The fraction of sp³-hybridized carbons (Fsp3) is 0.700. The molecule has 0 aromatic heterocycles. The summed E-state index contributed by atoms with van der Waals surface area (Å²) in [5.74, 6) is -0.727. The Morgan fingerprint density at radius 1 is 1.05 bits per heavy atom. The molecule has 1 aromatic rings. The molecule has 1 saturated carbocycles. The third-order valence-electron chi connectivity index (χ3n) is 7.07. The molecule has 8 heteroatoms. The smallest absolute Gasteiger partial charge is 0.408 e. The number of alkyl carbamates (subject to hydrolysis) is 1. The zero-order chi connectivity index (χ0) is 28.3. The van der Waals surface area contributed by atoms with E-state index < -0.39 is 36.3 Å². The molecule has 1 fully saturated rings. The van der Waals surface area contributed by atoms with Gasteiger partial charge in [0.05, 0.1) is 6.61 Å². The van der Waals surface area contributed by atoms with E-state index in [0.29, 0.717) is 13.0 Å². The number of ether oxygens (including phenoxy) is 1. The second-order valence-corrected chi connectivity index (χ2v) is 11.6. The highest BCUT2D eigenvalue weighted by molar-refractivity contribution is 5.92. The number of nitrogens with one attached hydrogen (secondary N) is 2. The van der Waals surface area contributed by atoms with Gasteiger partial charge in [0.1, 0.15) is 17.7 Å². The Balaban J connectivity index is 2.43. The van der Waals surface area contributed by atoms with Crippen LogP contribution in [-0.4, -0.2) is 58.8 Å². The third kappa shape index (κ3) is 9.93. The van der Waals surface area contributed by atoms with Crippen molar-refractivity contribution >= 4 is 17.9 Å². The van der Waals surface area contributed by atoms with E-state index in [1.165, 1.54) is 11.3 Å². The van der Waals surface area contributed by atoms with Gasteiger partial charge in [-0.15, -0.1) is 0 Å². The average molecular weight is 532 g/mol. The number of unbranched alkanes of at least 4 members (excludes halogenated alkanes) is 3. The summed E-state index contributed by atoms with van der Waals surface area (Å²) in [6, 6.07) is 3.80. The van der Waals surface area contributed by atoms with Crippen LogP contribution in [0.15, 0.2) is 18.2 Å². The molecule has 38 heavy (non-hydrogen) atoms. The van der Waals surface area contributed by atoms with E-state index >= 15 is 0 Å². The van der Waals surface area contributed by atoms with Gasteiger partial charge in [0.25, 0.3) is 0 Å². The number of benzene rings is 1. The van der Waals surface area contributed by atoms with Gasteiger partial charge in [-0.25, -0.2) is 4.79 Å². The minimum absolute atomic E-state index is 0.0795. The predicted octanol–water partition coefficient (Wildman–Crippen LogP) is 5.09. The molecular weight excluding hydrogens is 482 g/mol. The molecule has 2 unspecified atom stereocenters. The van der Waals surface area contributed by atoms with Crippen molar-refractivity contribution in [2.24, 2.45) is 0 Å². The molecule has 2 atom stereocenters. The monoisotopic (exact) mass is 531 g/mol. The molecule has 0 spiro atoms. The van der Waals surface area contributed by atoms with Crippen LogP contribution in [0.1, 0.15) is 108 Å². The highest BCUT2D eigenvalue weighted by Gasteiger charge is 2.36. The summed E-state index contributed by atoms with van der Waals surface area (Å²) in [5.41, 5.74) is 2.09. The Morgan fingerprint density at radius 2 is 1.74 bits per heavy atom. The average Bonchev–Trinajstić information content (AvgIpc) is 2.85. The zero-order valence-corrected chi connectivity index (χ0v) is 24.3. The summed E-state index contributed by atoms with van der Waals surface area (Å²) in [7, 11) is 0. The van der Waals surface area contributed by atoms with Gasteiger partial charge in [0.15, 0.2) is 0 Å². The number of hydrogen-bond donors (Lipinski definition) is 3. The number of aliphatic hydroxyl groups excluding tert-OH is 1. The molecule has 0 heterocycles. The van der Waals surface area contributed by atoms with Crippen LogP contribution >= 0.6 is 0 Å². The molecule has 3 N–H and O–H groups in total. The minimum atomic E-state index is -1.23. The van der Waals surface area contributed by atoms with E-state index in [1.807, 2.05) is 32.0 Å². The van der Waals surface area contributed by atoms with Crippen LogP contribution in [0.2, 0.25) is 0 Å². The number of aliphatic hydroxyl groups is 1. The fourth-order valence-corrected chi connectivity index (χ4v) is 4.85. The lowest BCUT2D eigenvalue weighted by atomic mass is 9.94. The second-order valence-electron chi connectivity index (χ2n) is 11.6. The first-order valence-electron chi connectivity index (χ1n) is 14.2. The van der Waals surface area contributed by atoms with E-state index in [1.54, 1.807) is 20.8 Å². The normalized spacial score (nSPS) is 15.9. The maximum atomic E-state index is 13.9. The van der Waals surface area contributed by atoms with Crippen molar-refractivity contribution in [3.63, 3.8) is 0 Å². The van der Waals surface area contributed by atoms with Crippen LogP contribution in [0.5, 0.6) is 0 Å². The Hall–Kier alpha value is -2.61. The number of rotatable bonds is 12. The van der Waals surface area contributed by atoms with Crippen LogP contribution in [0, 0.1) is 13.8 Å². The second kappa shape index (κ2) is 15.1. The van der Waals surface area contributed by atoms with Gasteiger partial charge in [-0.3, -0.25) is 9.59 Å². The van der Waals surface area contributed by atoms with Gasteiger partial charge in [-0.05, 0) is 70.6 Å². The van der Waals surface area contributed by atoms with Gasteiger partial charge < -0.3 is 25.4 Å². The third-order valence-corrected chi connectivity index (χ3v) is 7.07. The van der Waals surface area contributed by atoms with Crippen LogP contribution in [-0.2, 0) is 14.3 Å². The van der Waals surface area contributed by atoms with Gasteiger partial charge >= 0.3 is 6.09 Å². The Bertz CT molecular complexity index is 921. The summed E-state index contributed by atoms with van der Waals surface area (Å²) < 4.78 is 5.32. The highest BCUT2D eigenvalue weighted by Crippen LogP contribution is 2.27. The van der Waals surface area contributed by atoms with Crippen molar-refractivity contribution in [3.8, 4) is 0 Å². The molecule has 0 bridgehead atoms. The van der Waals surface area contributed by atoms with E-state index in [-0.39, 0.29) is 11.9 Å². The molecule has 0 saturated heterocycles. The van der Waals surface area contributed by atoms with Gasteiger partial charge in [0.2, 0.25) is 11.8 Å². The van der Waals surface area contributed by atoms with E-state index in [9.17, 15) is 19.5 Å². The number of carbonyl (C=O) groups excluding carboxylic acids is 3. The summed E-state index contributed by atoms with van der Waals surface area (Å²) in [5, 5.41) is 15.8. The van der Waals surface area contributed by atoms with E-state index in [4.69, 9.17) is 4.74 Å². The van der Waals surface area contributed by atoms with Crippen LogP contribution in [0.4, 0.5) is 4.79 Å². The molecule has 0 radical (unpaired) electrons. The first kappa shape index (κ1) is 31.6. The number of nitrogens with zero attached hydrogens (tertiary/aromatic N) is 1. The largest absolute Gasteiger partial charge is 0.444 e. The van der Waals surface area contributed by atoms with Crippen molar-refractivity contribution < 1.29 is 24.2 Å². The first-order valence-corrected chi connectivity index (χ1v) is 14.2. The lowest BCUT2D eigenvalue weighted by Crippen LogP contribution is -2.55. The standard InChI is InChI=1S/C30H49N3O5/c1-7-8-9-13-18-33(28(36)25(20-34)32-29(37)38-30(4,5)6)26(23-17-16-21(2)22(3)19-23)27(35)31-24-14-11-10-12-15-24/h16-17,19,24-26,34H,7-15,18,20H2,1-6H3,(H,31,35)(H,32,37). The molecule has 214 valence electrons. The van der Waals surface area contributed by atoms with E-state index in [0.717, 1.165) is 61.6 Å². The number of aryl methyl sites for hydroxylation is 2. The summed E-state index contributed by atoms with van der Waals surface area (Å²) >= 11 is 0. The fourth-order valence-electron chi connectivity index (χ4n) is 4.85. The lowest BCUT2D eigenvalue weighted by Gasteiger charge is -2.35. The topological polar surface area (TPSA) is 108 Å². The van der Waals surface area contributed by atoms with Crippen molar-refractivity contribution in [2.45, 2.75) is 123 Å². The molecule has 1 aromatic carbocycles. The van der Waals surface area contributed by atoms with Gasteiger partial charge in [-0.1, -0.05) is 63.6 Å². The Labute approximate surface area is 228 Å². The predicted molar refractivity (Wildman–Crippen MR) is 150 cm³/mol. The number of amides is 3. The Morgan fingerprint density at radius 3 is 2.32 bits per heavy atom. The summed E-state index contributed by atoms with van der Waals surface area (Å²) in [6.45, 7) is 11.0. The summed E-state index contributed by atoms with van der Waals surface area (Å²) in [4.78, 5) is 41.8. The molecule has 0 aliphatic heterocycles. The SMILES string of the molecule is CCCCCCN(C(=O)C(CO)NC(=O)OC(C)(C)C)C(C(=O)NC1CCCCC1)c1ccc(C)c(C)c1. The van der Waals surface area contributed by atoms with Crippen LogP contribution in [0.3, 0.4) is 0 Å². The maximum absolute atomic E-state index is 13.9. The first-order chi connectivity index (χ1) is 18.0. The molecule has 2 rings (SSSR count). The minimum Gasteiger partial charge on any atom is -0.444 e. The lowest BCUT2D eigenvalue weighted by molar-refractivity contribution is -0.143. The van der Waals surface area contributed by atoms with Crippen molar-refractivity contribution in [2.75, 3.05) is 13.2 Å². The molecule has 8 nitrogen and oxygen atoms in total. The number of hydrogen-bond acceptors (Lipinski definition) is 5. The quantitative estimate of drug-likeness (QED) is 0.326. The molecule has 3 amide bonds. The number of carbonyl (C=O) groups is 3. The van der Waals surface area contributed by atoms with Crippen molar-refractivity contribution in [1.82, 2.24) is 15.5 Å². The summed E-state index contributed by atoms with van der Waals surface area (Å²) in [6.07, 6.45) is 8.06. The molecule has 1 aliphatic carbocycles. The molecular formula is C30H49N3O5. The highest BCUT2D eigenvalue weighted by atomic mass is 16.6. The maximum Gasteiger partial charge on any atom is 0.408 e. The van der Waals surface area contributed by atoms with Crippen molar-refractivity contribution in [1.29, 1.82) is 0 Å².